The van der Waals surface area contributed by atoms with Gasteiger partial charge in [-0.05, 0) is 32.1 Å². The van der Waals surface area contributed by atoms with Crippen LogP contribution in [0.25, 0.3) is 0 Å². The highest BCUT2D eigenvalue weighted by molar-refractivity contribution is 5.93. The van der Waals surface area contributed by atoms with E-state index >= 15 is 0 Å². The molecule has 126 valence electrons. The summed E-state index contributed by atoms with van der Waals surface area (Å²) in [6.45, 7) is 0.861. The number of benzene rings is 1. The van der Waals surface area contributed by atoms with Gasteiger partial charge in [-0.3, -0.25) is 9.69 Å². The van der Waals surface area contributed by atoms with Crippen molar-refractivity contribution in [2.45, 2.75) is 18.1 Å². The van der Waals surface area contributed by atoms with E-state index in [0.29, 0.717) is 18.5 Å². The zero-order valence-electron chi connectivity index (χ0n) is 14.0. The summed E-state index contributed by atoms with van der Waals surface area (Å²) >= 11 is 0. The Morgan fingerprint density at radius 1 is 1.25 bits per heavy atom. The molecule has 1 fully saturated rings. The minimum atomic E-state index is -0.678. The van der Waals surface area contributed by atoms with Gasteiger partial charge in [0, 0.05) is 13.1 Å². The molecule has 1 amide bonds. The zero-order chi connectivity index (χ0) is 17.2. The maximum atomic E-state index is 12.6. The van der Waals surface area contributed by atoms with E-state index in [4.69, 9.17) is 0 Å². The van der Waals surface area contributed by atoms with Crippen molar-refractivity contribution in [1.29, 1.82) is 0 Å². The molecule has 2 atom stereocenters. The molecule has 1 N–H and O–H groups in total. The van der Waals surface area contributed by atoms with Crippen LogP contribution >= 0.6 is 0 Å². The summed E-state index contributed by atoms with van der Waals surface area (Å²) < 4.78 is 0. The summed E-state index contributed by atoms with van der Waals surface area (Å²) in [4.78, 5) is 16.3. The predicted octanol–water partition coefficient (Wildman–Crippen LogP) is 1.14. The molecule has 0 radical (unpaired) electrons. The van der Waals surface area contributed by atoms with Crippen molar-refractivity contribution in [2.24, 2.45) is 0 Å². The molecule has 1 aliphatic heterocycles. The van der Waals surface area contributed by atoms with Crippen LogP contribution in [0, 0.1) is 0 Å². The minimum absolute atomic E-state index is 0.121. The Morgan fingerprint density at radius 2 is 2.00 bits per heavy atom. The Kier molecular flexibility index (Phi) is 4.59. The Bertz CT molecular complexity index is 693. The van der Waals surface area contributed by atoms with Gasteiger partial charge in [-0.2, -0.15) is 10.2 Å². The van der Waals surface area contributed by atoms with E-state index in [1.807, 2.05) is 44.4 Å². The topological polar surface area (TPSA) is 69.6 Å². The number of β-amino-alcohol motifs (C(OH)–C–C–N with tert-alkyl or cyclic N) is 1. The van der Waals surface area contributed by atoms with Crippen LogP contribution in [0.15, 0.2) is 48.8 Å². The number of carbonyl (C=O) groups is 1. The molecular weight excluding hydrogens is 304 g/mol. The molecule has 1 aromatic heterocycles. The molecule has 0 saturated carbocycles. The molecule has 6 heteroatoms. The van der Waals surface area contributed by atoms with Gasteiger partial charge < -0.3 is 10.0 Å². The van der Waals surface area contributed by atoms with Gasteiger partial charge in [0.25, 0.3) is 5.91 Å². The van der Waals surface area contributed by atoms with Crippen molar-refractivity contribution in [3.63, 3.8) is 0 Å². The summed E-state index contributed by atoms with van der Waals surface area (Å²) in [6, 6.07) is 11.6. The number of nitrogens with zero attached hydrogens (tertiary/aromatic N) is 4. The third-order valence-corrected chi connectivity index (χ3v) is 4.90. The van der Waals surface area contributed by atoms with E-state index < -0.39 is 11.6 Å². The molecule has 2 heterocycles. The third kappa shape index (κ3) is 2.79. The number of aliphatic hydroxyl groups is 1. The fourth-order valence-corrected chi connectivity index (χ4v) is 3.55. The van der Waals surface area contributed by atoms with E-state index in [-0.39, 0.29) is 12.5 Å². The molecule has 0 unspecified atom stereocenters. The molecule has 1 aromatic carbocycles. The van der Waals surface area contributed by atoms with Crippen LogP contribution in [0.1, 0.15) is 22.3 Å². The maximum Gasteiger partial charge on any atom is 0.255 e. The van der Waals surface area contributed by atoms with Crippen molar-refractivity contribution in [2.75, 3.05) is 27.2 Å². The number of hydrogen-bond donors (Lipinski definition) is 1. The summed E-state index contributed by atoms with van der Waals surface area (Å²) in [7, 11) is 3.95. The van der Waals surface area contributed by atoms with Gasteiger partial charge in [-0.25, -0.2) is 0 Å². The smallest absolute Gasteiger partial charge is 0.255 e. The van der Waals surface area contributed by atoms with Gasteiger partial charge >= 0.3 is 0 Å². The second-order valence-electron chi connectivity index (χ2n) is 6.33. The van der Waals surface area contributed by atoms with Crippen molar-refractivity contribution in [3.8, 4) is 0 Å². The summed E-state index contributed by atoms with van der Waals surface area (Å²) in [5, 5.41) is 18.4. The number of likely N-dealkylation sites (tertiary alicyclic amines) is 1. The number of amides is 1. The molecule has 0 spiro atoms. The first-order valence-electron chi connectivity index (χ1n) is 8.02. The largest absolute Gasteiger partial charge is 0.389 e. The lowest BCUT2D eigenvalue weighted by atomic mass is 9.77. The van der Waals surface area contributed by atoms with Crippen LogP contribution in [-0.4, -0.2) is 64.3 Å². The molecule has 2 aromatic rings. The highest BCUT2D eigenvalue weighted by Crippen LogP contribution is 2.37. The lowest BCUT2D eigenvalue weighted by Crippen LogP contribution is -2.60. The number of piperidine rings is 1. The van der Waals surface area contributed by atoms with E-state index in [1.165, 1.54) is 12.4 Å². The minimum Gasteiger partial charge on any atom is -0.389 e. The lowest BCUT2D eigenvalue weighted by Gasteiger charge is -2.49. The van der Waals surface area contributed by atoms with E-state index in [0.717, 1.165) is 5.56 Å². The van der Waals surface area contributed by atoms with Gasteiger partial charge in [0.2, 0.25) is 0 Å². The summed E-state index contributed by atoms with van der Waals surface area (Å²) in [5.41, 5.74) is 1.07. The first-order chi connectivity index (χ1) is 11.6. The van der Waals surface area contributed by atoms with Crippen LogP contribution in [0.3, 0.4) is 0 Å². The Hall–Kier alpha value is -2.31. The second kappa shape index (κ2) is 6.67. The first kappa shape index (κ1) is 16.5. The molecular formula is C18H22N4O2. The van der Waals surface area contributed by atoms with Crippen molar-refractivity contribution in [3.05, 3.63) is 59.9 Å². The second-order valence-corrected chi connectivity index (χ2v) is 6.33. The Morgan fingerprint density at radius 3 is 2.58 bits per heavy atom. The summed E-state index contributed by atoms with van der Waals surface area (Å²) in [5.74, 6) is -0.121. The first-order valence-corrected chi connectivity index (χ1v) is 8.02. The maximum absolute atomic E-state index is 12.6. The average Bonchev–Trinajstić information content (AvgIpc) is 2.62. The monoisotopic (exact) mass is 326 g/mol. The number of likely N-dealkylation sites (N-methyl/N-ethyl adjacent to an activating group) is 1. The van der Waals surface area contributed by atoms with E-state index in [9.17, 15) is 9.90 Å². The van der Waals surface area contributed by atoms with Crippen LogP contribution in [0.4, 0.5) is 0 Å². The number of aliphatic hydroxyl groups excluding tert-OH is 1. The quantitative estimate of drug-likeness (QED) is 0.916. The Labute approximate surface area is 141 Å². The van der Waals surface area contributed by atoms with Gasteiger partial charge in [-0.15, -0.1) is 0 Å². The van der Waals surface area contributed by atoms with Crippen LogP contribution < -0.4 is 0 Å². The van der Waals surface area contributed by atoms with Gasteiger partial charge in [-0.1, -0.05) is 30.3 Å². The summed E-state index contributed by atoms with van der Waals surface area (Å²) in [6.07, 6.45) is 2.94. The lowest BCUT2D eigenvalue weighted by molar-refractivity contribution is -0.0612. The number of aromatic nitrogens is 2. The normalized spacial score (nSPS) is 24.2. The van der Waals surface area contributed by atoms with Crippen molar-refractivity contribution < 1.29 is 9.90 Å². The molecule has 24 heavy (non-hydrogen) atoms. The SMILES string of the molecule is CN(C)[C@]1(c2ccccc2)CCN(C(=O)c2ccnnc2)C[C@H]1O. The molecule has 1 aliphatic rings. The molecule has 0 aliphatic carbocycles. The Balaban J connectivity index is 1.85. The molecule has 1 saturated heterocycles. The van der Waals surface area contributed by atoms with Gasteiger partial charge in [0.05, 0.1) is 29.6 Å². The molecule has 0 bridgehead atoms. The highest BCUT2D eigenvalue weighted by atomic mass is 16.3. The fraction of sp³-hybridized carbons (Fsp3) is 0.389. The van der Waals surface area contributed by atoms with Gasteiger partial charge in [0.15, 0.2) is 0 Å². The average molecular weight is 326 g/mol. The van der Waals surface area contributed by atoms with E-state index in [1.54, 1.807) is 11.0 Å². The molecule has 6 nitrogen and oxygen atoms in total. The van der Waals surface area contributed by atoms with Crippen LogP contribution in [0.5, 0.6) is 0 Å². The number of hydrogen-bond acceptors (Lipinski definition) is 5. The van der Waals surface area contributed by atoms with Crippen molar-refractivity contribution in [1.82, 2.24) is 20.0 Å². The predicted molar refractivity (Wildman–Crippen MR) is 90.4 cm³/mol. The van der Waals surface area contributed by atoms with Crippen molar-refractivity contribution >= 4 is 5.91 Å². The number of rotatable bonds is 3. The van der Waals surface area contributed by atoms with Crippen LogP contribution in [0.2, 0.25) is 0 Å². The zero-order valence-corrected chi connectivity index (χ0v) is 14.0. The number of carbonyl (C=O) groups excluding carboxylic acids is 1. The molecule has 3 rings (SSSR count). The fourth-order valence-electron chi connectivity index (χ4n) is 3.55. The third-order valence-electron chi connectivity index (χ3n) is 4.90. The highest BCUT2D eigenvalue weighted by Gasteiger charge is 2.46. The van der Waals surface area contributed by atoms with Crippen LogP contribution in [-0.2, 0) is 5.54 Å². The van der Waals surface area contributed by atoms with E-state index in [2.05, 4.69) is 15.1 Å². The standard InChI is InChI=1S/C18H22N4O2/c1-21(2)18(15-6-4-3-5-7-15)9-11-22(13-16(18)23)17(24)14-8-10-19-20-12-14/h3-8,10,12,16,23H,9,11,13H2,1-2H3/t16-,18+/m1/s1. The van der Waals surface area contributed by atoms with Gasteiger partial charge in [0.1, 0.15) is 0 Å².